The molecule has 0 aromatic heterocycles. The highest BCUT2D eigenvalue weighted by Gasteiger charge is 2.34. The van der Waals surface area contributed by atoms with Crippen LogP contribution < -0.4 is 5.73 Å². The van der Waals surface area contributed by atoms with Gasteiger partial charge in [-0.2, -0.15) is 0 Å². The first-order chi connectivity index (χ1) is 6.70. The molecule has 0 spiro atoms. The van der Waals surface area contributed by atoms with Crippen LogP contribution in [0.4, 0.5) is 0 Å². The van der Waals surface area contributed by atoms with Crippen LogP contribution in [-0.4, -0.2) is 30.0 Å². The summed E-state index contributed by atoms with van der Waals surface area (Å²) in [6.07, 6.45) is 2.80. The molecule has 0 unspecified atom stereocenters. The highest BCUT2D eigenvalue weighted by Crippen LogP contribution is 2.30. The lowest BCUT2D eigenvalue weighted by atomic mass is 10.0. The van der Waals surface area contributed by atoms with E-state index < -0.39 is 12.2 Å². The Bertz CT molecular complexity index is 321. The summed E-state index contributed by atoms with van der Waals surface area (Å²) in [5.41, 5.74) is 5.65. The van der Waals surface area contributed by atoms with Gasteiger partial charge in [-0.25, -0.2) is 0 Å². The molecule has 1 aliphatic carbocycles. The molecule has 1 amide bonds. The first-order valence-corrected chi connectivity index (χ1v) is 4.34. The van der Waals surface area contributed by atoms with Crippen molar-refractivity contribution in [3.63, 3.8) is 0 Å². The number of aliphatic hydroxyl groups is 1. The highest BCUT2D eigenvalue weighted by molar-refractivity contribution is 5.92. The molecule has 0 aromatic carbocycles. The molecule has 5 heteroatoms. The van der Waals surface area contributed by atoms with Crippen molar-refractivity contribution >= 4 is 5.91 Å². The molecular weight excluding hydrogens is 186 g/mol. The smallest absolute Gasteiger partial charge is 0.244 e. The number of carbonyl (C=O) groups is 1. The third-order valence-corrected chi connectivity index (χ3v) is 2.22. The van der Waals surface area contributed by atoms with Gasteiger partial charge in [0.15, 0.2) is 0 Å². The minimum atomic E-state index is -0.619. The van der Waals surface area contributed by atoms with E-state index in [1.165, 1.54) is 0 Å². The zero-order chi connectivity index (χ0) is 10.1. The Hall–Kier alpha value is -1.33. The minimum Gasteiger partial charge on any atom is -0.464 e. The summed E-state index contributed by atoms with van der Waals surface area (Å²) in [7, 11) is 0. The predicted molar refractivity (Wildman–Crippen MR) is 46.8 cm³/mol. The van der Waals surface area contributed by atoms with Crippen LogP contribution in [0.15, 0.2) is 23.5 Å². The molecule has 3 N–H and O–H groups in total. The fourth-order valence-corrected chi connectivity index (χ4v) is 1.51. The van der Waals surface area contributed by atoms with Crippen LogP contribution in [0.3, 0.4) is 0 Å². The average Bonchev–Trinajstić information content (AvgIpc) is 2.58. The van der Waals surface area contributed by atoms with Crippen molar-refractivity contribution in [1.82, 2.24) is 0 Å². The Kier molecular flexibility index (Phi) is 2.26. The molecule has 76 valence electrons. The van der Waals surface area contributed by atoms with Gasteiger partial charge in [-0.15, -0.1) is 0 Å². The molecule has 1 aliphatic heterocycles. The van der Waals surface area contributed by atoms with Gasteiger partial charge in [-0.05, 0) is 6.08 Å². The van der Waals surface area contributed by atoms with E-state index in [0.29, 0.717) is 17.8 Å². The molecule has 2 aliphatic rings. The van der Waals surface area contributed by atoms with E-state index in [4.69, 9.17) is 20.3 Å². The van der Waals surface area contributed by atoms with E-state index in [1.54, 1.807) is 12.2 Å². The summed E-state index contributed by atoms with van der Waals surface area (Å²) < 4.78 is 10.5. The number of primary amides is 1. The molecule has 0 radical (unpaired) electrons. The number of hydrogen-bond acceptors (Lipinski definition) is 4. The Morgan fingerprint density at radius 2 is 2.43 bits per heavy atom. The van der Waals surface area contributed by atoms with Crippen molar-refractivity contribution in [3.05, 3.63) is 23.5 Å². The summed E-state index contributed by atoms with van der Waals surface area (Å²) >= 11 is 0. The second-order valence-electron chi connectivity index (χ2n) is 3.18. The fraction of sp³-hybridized carbons (Fsp3) is 0.444. The first kappa shape index (κ1) is 9.23. The van der Waals surface area contributed by atoms with E-state index in [-0.39, 0.29) is 12.7 Å². The summed E-state index contributed by atoms with van der Waals surface area (Å²) in [6, 6.07) is 0. The van der Waals surface area contributed by atoms with Gasteiger partial charge in [0.2, 0.25) is 12.2 Å². The Balaban J connectivity index is 2.11. The van der Waals surface area contributed by atoms with E-state index >= 15 is 0 Å². The monoisotopic (exact) mass is 197 g/mol. The highest BCUT2D eigenvalue weighted by atomic mass is 16.7. The van der Waals surface area contributed by atoms with Crippen molar-refractivity contribution in [2.75, 3.05) is 6.61 Å². The molecule has 1 fully saturated rings. The van der Waals surface area contributed by atoms with Crippen molar-refractivity contribution in [2.24, 2.45) is 5.73 Å². The maximum absolute atomic E-state index is 10.9. The van der Waals surface area contributed by atoms with Crippen LogP contribution in [-0.2, 0) is 14.3 Å². The van der Waals surface area contributed by atoms with Crippen LogP contribution in [0.1, 0.15) is 6.42 Å². The van der Waals surface area contributed by atoms with Gasteiger partial charge in [-0.1, -0.05) is 6.08 Å². The first-order valence-electron chi connectivity index (χ1n) is 4.34. The molecule has 5 nitrogen and oxygen atoms in total. The van der Waals surface area contributed by atoms with Crippen LogP contribution in [0.5, 0.6) is 0 Å². The van der Waals surface area contributed by atoms with Gasteiger partial charge in [0.25, 0.3) is 0 Å². The predicted octanol–water partition coefficient (Wildman–Crippen LogP) is -0.581. The third kappa shape index (κ3) is 1.51. The molecule has 2 atom stereocenters. The van der Waals surface area contributed by atoms with Gasteiger partial charge in [0, 0.05) is 12.0 Å². The Morgan fingerprint density at radius 1 is 1.64 bits per heavy atom. The van der Waals surface area contributed by atoms with Crippen LogP contribution in [0, 0.1) is 0 Å². The van der Waals surface area contributed by atoms with E-state index in [0.717, 1.165) is 0 Å². The number of nitrogens with two attached hydrogens (primary N) is 1. The normalized spacial score (nSPS) is 30.1. The van der Waals surface area contributed by atoms with Gasteiger partial charge in [0.05, 0.1) is 0 Å². The van der Waals surface area contributed by atoms with Crippen LogP contribution in [0.2, 0.25) is 0 Å². The largest absolute Gasteiger partial charge is 0.464 e. The van der Waals surface area contributed by atoms with Crippen molar-refractivity contribution < 1.29 is 19.4 Å². The lowest BCUT2D eigenvalue weighted by molar-refractivity contribution is -0.115. The van der Waals surface area contributed by atoms with Crippen LogP contribution >= 0.6 is 0 Å². The second-order valence-corrected chi connectivity index (χ2v) is 3.18. The summed E-state index contributed by atoms with van der Waals surface area (Å²) in [5.74, 6) is 0.199. The number of aliphatic hydroxyl groups excluding tert-OH is 1. The number of ether oxygens (including phenoxy) is 2. The molecule has 2 rings (SSSR count). The van der Waals surface area contributed by atoms with Crippen molar-refractivity contribution in [2.45, 2.75) is 18.8 Å². The number of amides is 1. The topological polar surface area (TPSA) is 81.8 Å². The summed E-state index contributed by atoms with van der Waals surface area (Å²) in [5, 5.41) is 8.80. The molecular formula is C9H11NO4. The number of fused-ring (bicyclic) bond motifs is 1. The zero-order valence-electron chi connectivity index (χ0n) is 7.47. The van der Waals surface area contributed by atoms with E-state index in [2.05, 4.69) is 0 Å². The third-order valence-electron chi connectivity index (χ3n) is 2.22. The zero-order valence-corrected chi connectivity index (χ0v) is 7.47. The van der Waals surface area contributed by atoms with Gasteiger partial charge in [0.1, 0.15) is 18.5 Å². The van der Waals surface area contributed by atoms with Crippen LogP contribution in [0.25, 0.3) is 0 Å². The average molecular weight is 197 g/mol. The number of rotatable bonds is 2. The summed E-state index contributed by atoms with van der Waals surface area (Å²) in [6.45, 7) is -0.195. The quantitative estimate of drug-likeness (QED) is 0.620. The Labute approximate surface area is 80.8 Å². The fourth-order valence-electron chi connectivity index (χ4n) is 1.51. The molecule has 0 aromatic rings. The molecule has 14 heavy (non-hydrogen) atoms. The van der Waals surface area contributed by atoms with Crippen molar-refractivity contribution in [3.8, 4) is 0 Å². The lowest BCUT2D eigenvalue weighted by Gasteiger charge is -2.13. The maximum atomic E-state index is 10.9. The van der Waals surface area contributed by atoms with Gasteiger partial charge in [-0.3, -0.25) is 4.79 Å². The second kappa shape index (κ2) is 3.43. The molecule has 0 bridgehead atoms. The number of hydrogen-bond donors (Lipinski definition) is 2. The number of carbonyl (C=O) groups excluding carboxylic acids is 1. The summed E-state index contributed by atoms with van der Waals surface area (Å²) in [4.78, 5) is 10.9. The van der Waals surface area contributed by atoms with E-state index in [9.17, 15) is 4.79 Å². The minimum absolute atomic E-state index is 0.195. The maximum Gasteiger partial charge on any atom is 0.244 e. The Morgan fingerprint density at radius 3 is 3.07 bits per heavy atom. The van der Waals surface area contributed by atoms with Gasteiger partial charge >= 0.3 is 0 Å². The molecule has 1 heterocycles. The van der Waals surface area contributed by atoms with Crippen molar-refractivity contribution in [1.29, 1.82) is 0 Å². The SMILES string of the molecule is NC(=O)C1=CC=C2O[C@@H](CO)O[C@@H]2C1. The lowest BCUT2D eigenvalue weighted by Crippen LogP contribution is -2.22. The number of allylic oxidation sites excluding steroid dienone is 2. The van der Waals surface area contributed by atoms with E-state index in [1.807, 2.05) is 0 Å². The standard InChI is InChI=1S/C9H11NO4/c10-9(12)5-1-2-6-7(3-5)14-8(4-11)13-6/h1-2,7-8,11H,3-4H2,(H2,10,12)/t7-,8-/m1/s1. The van der Waals surface area contributed by atoms with Gasteiger partial charge < -0.3 is 20.3 Å². The molecule has 1 saturated heterocycles. The molecule has 0 saturated carbocycles.